The number of aliphatic hydroxyl groups is 2. The molecule has 3 N–H and O–H groups in total. The monoisotopic (exact) mass is 754 g/mol. The quantitative estimate of drug-likeness (QED) is 0.0429. The molecule has 0 aromatic carbocycles. The van der Waals surface area contributed by atoms with Crippen LogP contribution in [0.5, 0.6) is 0 Å². The lowest BCUT2D eigenvalue weighted by Crippen LogP contribution is -2.45. The molecule has 0 fully saturated rings. The van der Waals surface area contributed by atoms with Gasteiger partial charge < -0.3 is 15.5 Å². The molecule has 0 aliphatic rings. The van der Waals surface area contributed by atoms with E-state index < -0.39 is 12.1 Å². The number of hydrogen-bond acceptors (Lipinski definition) is 3. The van der Waals surface area contributed by atoms with Gasteiger partial charge in [-0.15, -0.1) is 0 Å². The number of amides is 1. The number of unbranched alkanes of at least 4 members (excludes halogenated alkanes) is 27. The van der Waals surface area contributed by atoms with E-state index in [1.165, 1.54) is 167 Å². The molecular weight excluding hydrogens is 663 g/mol. The van der Waals surface area contributed by atoms with Crippen LogP contribution in [0, 0.1) is 0 Å². The highest BCUT2D eigenvalue weighted by Gasteiger charge is 2.17. The molecule has 0 aliphatic heterocycles. The molecule has 0 aromatic rings. The molecule has 0 saturated heterocycles. The Kier molecular flexibility index (Phi) is 43.9. The molecule has 4 nitrogen and oxygen atoms in total. The molecule has 0 bridgehead atoms. The van der Waals surface area contributed by atoms with Crippen molar-refractivity contribution >= 4 is 5.91 Å². The van der Waals surface area contributed by atoms with Crippen molar-refractivity contribution in [3.63, 3.8) is 0 Å². The molecular formula is C50H91NO3. The topological polar surface area (TPSA) is 69.6 Å². The lowest BCUT2D eigenvalue weighted by Gasteiger charge is -2.19. The smallest absolute Gasteiger partial charge is 0.220 e. The summed E-state index contributed by atoms with van der Waals surface area (Å²) in [4.78, 5) is 12.4. The first-order chi connectivity index (χ1) is 26.7. The second kappa shape index (κ2) is 45.5. The first-order valence-corrected chi connectivity index (χ1v) is 23.5. The van der Waals surface area contributed by atoms with Crippen LogP contribution in [0.2, 0.25) is 0 Å². The van der Waals surface area contributed by atoms with Crippen LogP contribution in [0.15, 0.2) is 60.8 Å². The van der Waals surface area contributed by atoms with Crippen molar-refractivity contribution in [3.05, 3.63) is 60.8 Å². The maximum Gasteiger partial charge on any atom is 0.220 e. The summed E-state index contributed by atoms with van der Waals surface area (Å²) in [5.41, 5.74) is 0. The van der Waals surface area contributed by atoms with Crippen LogP contribution >= 0.6 is 0 Å². The van der Waals surface area contributed by atoms with Gasteiger partial charge in [-0.1, -0.05) is 209 Å². The van der Waals surface area contributed by atoms with Crippen molar-refractivity contribution < 1.29 is 15.0 Å². The van der Waals surface area contributed by atoms with Gasteiger partial charge in [0, 0.05) is 6.42 Å². The maximum absolute atomic E-state index is 12.4. The van der Waals surface area contributed by atoms with Crippen molar-refractivity contribution in [1.29, 1.82) is 0 Å². The lowest BCUT2D eigenvalue weighted by molar-refractivity contribution is -0.123. The SMILES string of the molecule is CCCCC/C=C\C/C=C\CCCCCCCCCCCC(=O)NC(CO)C(O)/C=C/CC/C=C/CC/C=C/CCCCCCCCCCCCCCC. The highest BCUT2D eigenvalue weighted by atomic mass is 16.3. The van der Waals surface area contributed by atoms with Crippen LogP contribution in [0.1, 0.15) is 232 Å². The van der Waals surface area contributed by atoms with E-state index in [0.29, 0.717) is 6.42 Å². The fourth-order valence-electron chi connectivity index (χ4n) is 6.83. The van der Waals surface area contributed by atoms with Crippen LogP contribution in [-0.2, 0) is 4.79 Å². The van der Waals surface area contributed by atoms with Crippen molar-refractivity contribution in [2.45, 2.75) is 244 Å². The highest BCUT2D eigenvalue weighted by Crippen LogP contribution is 2.14. The number of aliphatic hydroxyl groups excluding tert-OH is 2. The van der Waals surface area contributed by atoms with E-state index in [-0.39, 0.29) is 12.5 Å². The molecule has 4 heteroatoms. The van der Waals surface area contributed by atoms with Gasteiger partial charge in [0.1, 0.15) is 0 Å². The molecule has 54 heavy (non-hydrogen) atoms. The molecule has 314 valence electrons. The number of nitrogens with one attached hydrogen (secondary N) is 1. The third-order valence-electron chi connectivity index (χ3n) is 10.5. The predicted molar refractivity (Wildman–Crippen MR) is 239 cm³/mol. The minimum absolute atomic E-state index is 0.0835. The van der Waals surface area contributed by atoms with Gasteiger partial charge in [0.25, 0.3) is 0 Å². The second-order valence-corrected chi connectivity index (χ2v) is 15.8. The number of rotatable bonds is 42. The van der Waals surface area contributed by atoms with Crippen LogP contribution in [0.25, 0.3) is 0 Å². The van der Waals surface area contributed by atoms with E-state index in [4.69, 9.17) is 0 Å². The Hall–Kier alpha value is -1.91. The van der Waals surface area contributed by atoms with Gasteiger partial charge in [-0.2, -0.15) is 0 Å². The Morgan fingerprint density at radius 1 is 0.444 bits per heavy atom. The molecule has 1 amide bonds. The summed E-state index contributed by atoms with van der Waals surface area (Å²) >= 11 is 0. The number of allylic oxidation sites excluding steroid dienone is 9. The van der Waals surface area contributed by atoms with Crippen LogP contribution < -0.4 is 5.32 Å². The van der Waals surface area contributed by atoms with Gasteiger partial charge >= 0.3 is 0 Å². The first kappa shape index (κ1) is 52.1. The Labute approximate surface area is 336 Å². The largest absolute Gasteiger partial charge is 0.394 e. The molecule has 0 aliphatic carbocycles. The van der Waals surface area contributed by atoms with E-state index in [1.54, 1.807) is 6.08 Å². The highest BCUT2D eigenvalue weighted by molar-refractivity contribution is 5.76. The van der Waals surface area contributed by atoms with Gasteiger partial charge in [0.05, 0.1) is 18.8 Å². The van der Waals surface area contributed by atoms with Crippen molar-refractivity contribution in [2.75, 3.05) is 6.61 Å². The molecule has 2 atom stereocenters. The van der Waals surface area contributed by atoms with Gasteiger partial charge in [0.2, 0.25) is 5.91 Å². The average Bonchev–Trinajstić information content (AvgIpc) is 3.18. The van der Waals surface area contributed by atoms with Gasteiger partial charge in [-0.05, 0) is 77.0 Å². The first-order valence-electron chi connectivity index (χ1n) is 23.5. The molecule has 0 rings (SSSR count). The minimum atomic E-state index is -0.874. The Morgan fingerprint density at radius 2 is 0.778 bits per heavy atom. The van der Waals surface area contributed by atoms with E-state index in [2.05, 4.69) is 67.8 Å². The van der Waals surface area contributed by atoms with E-state index >= 15 is 0 Å². The Balaban J connectivity index is 3.64. The third-order valence-corrected chi connectivity index (χ3v) is 10.5. The summed E-state index contributed by atoms with van der Waals surface area (Å²) in [5, 5.41) is 23.0. The van der Waals surface area contributed by atoms with Crippen molar-refractivity contribution in [2.24, 2.45) is 0 Å². The molecule has 0 radical (unpaired) electrons. The van der Waals surface area contributed by atoms with E-state index in [9.17, 15) is 15.0 Å². The summed E-state index contributed by atoms with van der Waals surface area (Å²) in [6, 6.07) is -0.650. The zero-order chi connectivity index (χ0) is 39.3. The van der Waals surface area contributed by atoms with Gasteiger partial charge in [0.15, 0.2) is 0 Å². The predicted octanol–water partition coefficient (Wildman–Crippen LogP) is 14.9. The summed E-state index contributed by atoms with van der Waals surface area (Å²) in [5.74, 6) is -0.0835. The Bertz CT molecular complexity index is 904. The standard InChI is InChI=1S/C50H91NO3/c1-3-5-7-9-11-13-15-17-19-21-23-24-25-26-28-29-31-33-35-37-39-41-43-45-49(53)48(47-52)51-50(54)46-44-42-40-38-36-34-32-30-27-22-20-18-16-14-12-10-8-6-4-2/h12,14,18,20,28-29,35,37,43,45,48-49,52-53H,3-11,13,15-17,19,21-27,30-34,36,38-42,44,46-47H2,1-2H3,(H,51,54)/b14-12-,20-18-,29-28+,37-35+,45-43+. The third kappa shape index (κ3) is 41.3. The molecule has 0 saturated carbocycles. The van der Waals surface area contributed by atoms with E-state index in [1.807, 2.05) is 6.08 Å². The van der Waals surface area contributed by atoms with Crippen molar-refractivity contribution in [3.8, 4) is 0 Å². The number of hydrogen-bond donors (Lipinski definition) is 3. The van der Waals surface area contributed by atoms with Gasteiger partial charge in [-0.25, -0.2) is 0 Å². The fraction of sp³-hybridized carbons (Fsp3) is 0.780. The summed E-state index contributed by atoms with van der Waals surface area (Å²) < 4.78 is 0. The average molecular weight is 754 g/mol. The Morgan fingerprint density at radius 3 is 1.22 bits per heavy atom. The fourth-order valence-corrected chi connectivity index (χ4v) is 6.83. The zero-order valence-electron chi connectivity index (χ0n) is 36.0. The maximum atomic E-state index is 12.4. The number of carbonyl (C=O) groups excluding carboxylic acids is 1. The van der Waals surface area contributed by atoms with Gasteiger partial charge in [-0.3, -0.25) is 4.79 Å². The summed E-state index contributed by atoms with van der Waals surface area (Å²) in [6.45, 7) is 4.27. The van der Waals surface area contributed by atoms with E-state index in [0.717, 1.165) is 44.9 Å². The van der Waals surface area contributed by atoms with Crippen molar-refractivity contribution in [1.82, 2.24) is 5.32 Å². The summed E-state index contributed by atoms with van der Waals surface area (Å²) in [6.07, 6.45) is 63.4. The van der Waals surface area contributed by atoms with Crippen LogP contribution in [-0.4, -0.2) is 34.9 Å². The second-order valence-electron chi connectivity index (χ2n) is 15.8. The summed E-state index contributed by atoms with van der Waals surface area (Å²) in [7, 11) is 0. The molecule has 0 aromatic heterocycles. The normalized spacial score (nSPS) is 13.5. The zero-order valence-corrected chi connectivity index (χ0v) is 36.0. The van der Waals surface area contributed by atoms with Crippen LogP contribution in [0.3, 0.4) is 0 Å². The minimum Gasteiger partial charge on any atom is -0.394 e. The lowest BCUT2D eigenvalue weighted by atomic mass is 10.0. The number of carbonyl (C=O) groups is 1. The molecule has 0 heterocycles. The molecule has 2 unspecified atom stereocenters. The molecule has 0 spiro atoms. The van der Waals surface area contributed by atoms with Crippen LogP contribution in [0.4, 0.5) is 0 Å².